The maximum atomic E-state index is 11.9. The molecule has 1 aliphatic rings. The van der Waals surface area contributed by atoms with E-state index in [0.29, 0.717) is 12.2 Å². The van der Waals surface area contributed by atoms with Crippen LogP contribution in [-0.2, 0) is 4.79 Å². The molecule has 6 rings (SSSR count). The summed E-state index contributed by atoms with van der Waals surface area (Å²) in [6, 6.07) is 8.33. The van der Waals surface area contributed by atoms with Crippen LogP contribution in [0.3, 0.4) is 0 Å². The first-order chi connectivity index (χ1) is 17.2. The number of carbonyl (C=O) groups excluding carboxylic acids is 1. The van der Waals surface area contributed by atoms with Gasteiger partial charge in [-0.2, -0.15) is 11.3 Å². The summed E-state index contributed by atoms with van der Waals surface area (Å²) in [4.78, 5) is 24.7. The van der Waals surface area contributed by atoms with Crippen molar-refractivity contribution < 1.29 is 26.0 Å². The van der Waals surface area contributed by atoms with Gasteiger partial charge in [-0.3, -0.25) is 0 Å². The number of pyridine rings is 1. The molecule has 5 aromatic rings. The van der Waals surface area contributed by atoms with Crippen molar-refractivity contribution in [3.63, 3.8) is 0 Å². The Morgan fingerprint density at radius 2 is 2.11 bits per heavy atom. The Morgan fingerprint density at radius 1 is 1.17 bits per heavy atom. The standard InChI is InChI=1S/C26H20IN6OS/c1-2-23(34)29-18-5-7-27-11-17(9-18)15-3-4-21-19(10-15)25(33-32-21)26-30-22-13-28-12-20(24(22)31-26)16-6-8-35-14-16/h3-14H,2H2,1H3,(H,29,34)(H,30,31)(H,32,33)/q-1. The zero-order valence-corrected chi connectivity index (χ0v) is 21.6. The summed E-state index contributed by atoms with van der Waals surface area (Å²) >= 11 is 1.40. The molecular formula is C26H20IN6OS-. The number of fused-ring (bicyclic) bond motifs is 2. The van der Waals surface area contributed by atoms with Crippen molar-refractivity contribution in [2.75, 3.05) is 0 Å². The second kappa shape index (κ2) is 9.23. The maximum absolute atomic E-state index is 11.9. The molecule has 0 saturated carbocycles. The zero-order valence-electron chi connectivity index (χ0n) is 18.7. The van der Waals surface area contributed by atoms with E-state index in [2.05, 4.69) is 62.6 Å². The predicted molar refractivity (Wildman–Crippen MR) is 136 cm³/mol. The molecule has 1 amide bonds. The number of hydrogen-bond donors (Lipinski definition) is 3. The van der Waals surface area contributed by atoms with Crippen LogP contribution >= 0.6 is 11.3 Å². The van der Waals surface area contributed by atoms with Gasteiger partial charge in [-0.25, -0.2) is 0 Å². The Morgan fingerprint density at radius 3 is 2.97 bits per heavy atom. The summed E-state index contributed by atoms with van der Waals surface area (Å²) in [6.45, 7) is 1.85. The van der Waals surface area contributed by atoms with Crippen LogP contribution in [0.2, 0.25) is 0 Å². The quantitative estimate of drug-likeness (QED) is 0.274. The number of amides is 1. The number of H-pyrrole nitrogens is 2. The molecule has 0 unspecified atom stereocenters. The molecular weight excluding hydrogens is 571 g/mol. The van der Waals surface area contributed by atoms with Crippen LogP contribution in [0, 0.1) is 0 Å². The molecule has 0 fully saturated rings. The fraction of sp³-hybridized carbons (Fsp3) is 0.0769. The molecule has 3 N–H and O–H groups in total. The number of aromatic amines is 2. The van der Waals surface area contributed by atoms with E-state index < -0.39 is 0 Å². The minimum absolute atomic E-state index is 0.00844. The van der Waals surface area contributed by atoms with E-state index in [-0.39, 0.29) is 27.1 Å². The summed E-state index contributed by atoms with van der Waals surface area (Å²) < 4.78 is 4.42. The molecule has 0 aliphatic carbocycles. The van der Waals surface area contributed by atoms with Crippen molar-refractivity contribution in [3.05, 3.63) is 79.0 Å². The normalized spacial score (nSPS) is 13.9. The second-order valence-electron chi connectivity index (χ2n) is 8.00. The number of aromatic nitrogens is 5. The molecule has 7 nitrogen and oxygen atoms in total. The molecule has 0 saturated heterocycles. The van der Waals surface area contributed by atoms with Crippen molar-refractivity contribution in [1.82, 2.24) is 30.5 Å². The molecule has 35 heavy (non-hydrogen) atoms. The van der Waals surface area contributed by atoms with Crippen molar-refractivity contribution in [3.8, 4) is 22.6 Å². The number of thiophene rings is 1. The van der Waals surface area contributed by atoms with Gasteiger partial charge in [0.05, 0.1) is 0 Å². The van der Waals surface area contributed by atoms with Crippen LogP contribution in [0.25, 0.3) is 50.2 Å². The van der Waals surface area contributed by atoms with E-state index in [4.69, 9.17) is 4.98 Å². The van der Waals surface area contributed by atoms with E-state index in [0.717, 1.165) is 55.6 Å². The van der Waals surface area contributed by atoms with Gasteiger partial charge >= 0.3 is 199 Å². The summed E-state index contributed by atoms with van der Waals surface area (Å²) in [5.41, 5.74) is 8.54. The molecule has 4 aromatic heterocycles. The van der Waals surface area contributed by atoms with E-state index >= 15 is 0 Å². The fourth-order valence-electron chi connectivity index (χ4n) is 3.98. The number of halogens is 1. The van der Waals surface area contributed by atoms with Crippen molar-refractivity contribution in [1.29, 1.82) is 0 Å². The Hall–Kier alpha value is -3.57. The predicted octanol–water partition coefficient (Wildman–Crippen LogP) is 2.60. The van der Waals surface area contributed by atoms with Crippen LogP contribution in [0.4, 0.5) is 0 Å². The minimum atomic E-state index is -0.252. The first-order valence-electron chi connectivity index (χ1n) is 11.0. The first kappa shape index (κ1) is 21.9. The monoisotopic (exact) mass is 591 g/mol. The van der Waals surface area contributed by atoms with Gasteiger partial charge in [-0.05, 0) is 5.38 Å². The van der Waals surface area contributed by atoms with E-state index in [1.165, 1.54) is 0 Å². The molecule has 0 atom stereocenters. The number of nitrogens with one attached hydrogen (secondary N) is 3. The third-order valence-corrected chi connectivity index (χ3v) is 8.25. The fourth-order valence-corrected chi connectivity index (χ4v) is 6.36. The van der Waals surface area contributed by atoms with Crippen LogP contribution in [0.1, 0.15) is 18.9 Å². The summed E-state index contributed by atoms with van der Waals surface area (Å²) in [6.07, 6.45) is 8.14. The summed E-state index contributed by atoms with van der Waals surface area (Å²) in [7, 11) is 0. The van der Waals surface area contributed by atoms with E-state index in [1.807, 2.05) is 31.3 Å². The summed E-state index contributed by atoms with van der Waals surface area (Å²) in [5, 5.41) is 15.8. The molecule has 0 bridgehead atoms. The number of imidazole rings is 1. The zero-order chi connectivity index (χ0) is 23.8. The van der Waals surface area contributed by atoms with Crippen LogP contribution in [0.5, 0.6) is 0 Å². The molecule has 1 aliphatic heterocycles. The molecule has 0 spiro atoms. The van der Waals surface area contributed by atoms with Crippen molar-refractivity contribution in [2.45, 2.75) is 13.3 Å². The average molecular weight is 591 g/mol. The number of benzene rings is 1. The van der Waals surface area contributed by atoms with Gasteiger partial charge in [0.1, 0.15) is 0 Å². The van der Waals surface area contributed by atoms with Gasteiger partial charge in [0, 0.05) is 0 Å². The van der Waals surface area contributed by atoms with E-state index in [9.17, 15) is 4.79 Å². The Balaban J connectivity index is 1.42. The van der Waals surface area contributed by atoms with Crippen molar-refractivity contribution >= 4 is 44.8 Å². The Kier molecular flexibility index (Phi) is 5.78. The first-order valence-corrected chi connectivity index (χ1v) is 14.5. The average Bonchev–Trinajstić information content (AvgIpc) is 3.61. The third-order valence-electron chi connectivity index (χ3n) is 5.76. The SMILES string of the molecule is CCC(=O)NC1=CC(c2ccc3[nH]nc(-c4nc5c(-c6ccsc6)cncc5[nH]4)c3c2)=C[I-]C=C1. The number of rotatable bonds is 5. The van der Waals surface area contributed by atoms with Gasteiger partial charge in [0.15, 0.2) is 0 Å². The van der Waals surface area contributed by atoms with Crippen LogP contribution in [-0.4, -0.2) is 31.1 Å². The van der Waals surface area contributed by atoms with Crippen LogP contribution < -0.4 is 26.5 Å². The Labute approximate surface area is 215 Å². The summed E-state index contributed by atoms with van der Waals surface area (Å²) in [5.74, 6) is 0.706. The Bertz CT molecular complexity index is 1660. The number of hydrogen-bond acceptors (Lipinski definition) is 5. The van der Waals surface area contributed by atoms with Gasteiger partial charge in [-0.1, -0.05) is 0 Å². The molecule has 5 heterocycles. The number of nitrogens with zero attached hydrogens (tertiary/aromatic N) is 3. The van der Waals surface area contributed by atoms with Gasteiger partial charge in [0.25, 0.3) is 0 Å². The molecule has 174 valence electrons. The van der Waals surface area contributed by atoms with Gasteiger partial charge in [-0.15, -0.1) is 0 Å². The molecule has 1 aromatic carbocycles. The van der Waals surface area contributed by atoms with Crippen LogP contribution in [0.15, 0.2) is 73.4 Å². The number of allylic oxidation sites excluding steroid dienone is 3. The topological polar surface area (TPSA) is 99.3 Å². The van der Waals surface area contributed by atoms with Gasteiger partial charge in [0.2, 0.25) is 0 Å². The van der Waals surface area contributed by atoms with E-state index in [1.54, 1.807) is 17.5 Å². The number of carbonyl (C=O) groups is 1. The molecule has 0 radical (unpaired) electrons. The molecule has 9 heteroatoms. The third kappa shape index (κ3) is 4.21. The second-order valence-corrected chi connectivity index (χ2v) is 10.8. The van der Waals surface area contributed by atoms with Gasteiger partial charge < -0.3 is 0 Å². The van der Waals surface area contributed by atoms with Crippen molar-refractivity contribution in [2.24, 2.45) is 0 Å².